The first kappa shape index (κ1) is 12.4. The van der Waals surface area contributed by atoms with Crippen LogP contribution in [0.1, 0.15) is 31.7 Å². The van der Waals surface area contributed by atoms with Crippen LogP contribution in [0.4, 0.5) is 0 Å². The number of halogens is 2. The first-order valence-electron chi connectivity index (χ1n) is 5.74. The molecule has 1 fully saturated rings. The number of rotatable bonds is 4. The summed E-state index contributed by atoms with van der Waals surface area (Å²) >= 11 is 9.39. The largest absolute Gasteiger partial charge is 0.312 e. The highest BCUT2D eigenvalue weighted by atomic mass is 79.9. The molecule has 1 aliphatic carbocycles. The Balaban J connectivity index is 1.83. The zero-order valence-electron chi connectivity index (χ0n) is 9.52. The molecule has 0 heterocycles. The molecule has 1 N–H and O–H groups in total. The molecule has 0 bridgehead atoms. The van der Waals surface area contributed by atoms with Crippen LogP contribution in [0, 0.1) is 5.41 Å². The van der Waals surface area contributed by atoms with Gasteiger partial charge in [0.2, 0.25) is 0 Å². The molecule has 0 saturated heterocycles. The van der Waals surface area contributed by atoms with Crippen molar-refractivity contribution < 1.29 is 0 Å². The lowest BCUT2D eigenvalue weighted by molar-refractivity contribution is 0.156. The molecule has 0 atom stereocenters. The second-order valence-corrected chi connectivity index (χ2v) is 6.28. The first-order chi connectivity index (χ1) is 7.59. The Labute approximate surface area is 111 Å². The van der Waals surface area contributed by atoms with E-state index in [4.69, 9.17) is 11.6 Å². The minimum atomic E-state index is 0.545. The molecule has 88 valence electrons. The van der Waals surface area contributed by atoms with Gasteiger partial charge in [0.1, 0.15) is 0 Å². The Morgan fingerprint density at radius 2 is 2.19 bits per heavy atom. The van der Waals surface area contributed by atoms with Crippen LogP contribution in [0.25, 0.3) is 0 Å². The van der Waals surface area contributed by atoms with E-state index in [1.807, 2.05) is 6.07 Å². The summed E-state index contributed by atoms with van der Waals surface area (Å²) in [6, 6.07) is 6.09. The van der Waals surface area contributed by atoms with Crippen molar-refractivity contribution in [3.05, 3.63) is 33.3 Å². The molecule has 1 aromatic carbocycles. The lowest BCUT2D eigenvalue weighted by atomic mass is 9.70. The van der Waals surface area contributed by atoms with Crippen molar-refractivity contribution in [1.29, 1.82) is 0 Å². The molecule has 1 saturated carbocycles. The maximum atomic E-state index is 5.95. The van der Waals surface area contributed by atoms with E-state index in [0.717, 1.165) is 22.6 Å². The summed E-state index contributed by atoms with van der Waals surface area (Å²) in [6.45, 7) is 4.40. The third-order valence-corrected chi connectivity index (χ3v) is 4.64. The molecular formula is C13H17BrClN. The summed E-state index contributed by atoms with van der Waals surface area (Å²) < 4.78 is 0.975. The van der Waals surface area contributed by atoms with E-state index in [-0.39, 0.29) is 0 Å². The molecule has 3 heteroatoms. The van der Waals surface area contributed by atoms with Crippen molar-refractivity contribution in [2.45, 2.75) is 32.7 Å². The van der Waals surface area contributed by atoms with Crippen LogP contribution in [0.15, 0.2) is 22.7 Å². The zero-order chi connectivity index (χ0) is 11.6. The molecule has 0 spiro atoms. The van der Waals surface area contributed by atoms with Crippen LogP contribution in [-0.4, -0.2) is 6.54 Å². The average Bonchev–Trinajstić information content (AvgIpc) is 2.21. The number of hydrogen-bond acceptors (Lipinski definition) is 1. The summed E-state index contributed by atoms with van der Waals surface area (Å²) in [5, 5.41) is 4.30. The van der Waals surface area contributed by atoms with Gasteiger partial charge in [-0.3, -0.25) is 0 Å². The monoisotopic (exact) mass is 301 g/mol. The van der Waals surface area contributed by atoms with Gasteiger partial charge in [-0.2, -0.15) is 0 Å². The van der Waals surface area contributed by atoms with E-state index in [1.54, 1.807) is 0 Å². The molecular weight excluding hydrogens is 286 g/mol. The smallest absolute Gasteiger partial charge is 0.0548 e. The van der Waals surface area contributed by atoms with Crippen molar-refractivity contribution in [3.63, 3.8) is 0 Å². The molecule has 0 aromatic heterocycles. The molecule has 1 aliphatic rings. The Hall–Kier alpha value is -0.0500. The maximum Gasteiger partial charge on any atom is 0.0548 e. The van der Waals surface area contributed by atoms with E-state index >= 15 is 0 Å². The average molecular weight is 303 g/mol. The number of hydrogen-bond donors (Lipinski definition) is 1. The second-order valence-electron chi connectivity index (χ2n) is 5.02. The molecule has 0 amide bonds. The SMILES string of the molecule is CC1(CNCc2ccc(Cl)c(Br)c2)CCC1. The third kappa shape index (κ3) is 2.99. The highest BCUT2D eigenvalue weighted by Crippen LogP contribution is 2.39. The topological polar surface area (TPSA) is 12.0 Å². The van der Waals surface area contributed by atoms with Gasteiger partial charge in [-0.1, -0.05) is 31.0 Å². The van der Waals surface area contributed by atoms with Gasteiger partial charge in [0.05, 0.1) is 5.02 Å². The van der Waals surface area contributed by atoms with Gasteiger partial charge in [0, 0.05) is 17.6 Å². The summed E-state index contributed by atoms with van der Waals surface area (Å²) in [5.74, 6) is 0. The van der Waals surface area contributed by atoms with Crippen LogP contribution in [0.2, 0.25) is 5.02 Å². The van der Waals surface area contributed by atoms with E-state index in [9.17, 15) is 0 Å². The minimum Gasteiger partial charge on any atom is -0.312 e. The normalized spacial score (nSPS) is 18.2. The fourth-order valence-electron chi connectivity index (χ4n) is 2.12. The van der Waals surface area contributed by atoms with Crippen molar-refractivity contribution in [2.75, 3.05) is 6.54 Å². The molecule has 0 unspecified atom stereocenters. The van der Waals surface area contributed by atoms with Gasteiger partial charge in [0.15, 0.2) is 0 Å². The molecule has 0 radical (unpaired) electrons. The highest BCUT2D eigenvalue weighted by Gasteiger charge is 2.30. The fraction of sp³-hybridized carbons (Fsp3) is 0.538. The maximum absolute atomic E-state index is 5.95. The van der Waals surface area contributed by atoms with Gasteiger partial charge in [-0.05, 0) is 51.9 Å². The Bertz CT molecular complexity index is 374. The van der Waals surface area contributed by atoms with E-state index in [2.05, 4.69) is 40.3 Å². The van der Waals surface area contributed by atoms with Crippen LogP contribution >= 0.6 is 27.5 Å². The van der Waals surface area contributed by atoms with E-state index in [0.29, 0.717) is 5.41 Å². The summed E-state index contributed by atoms with van der Waals surface area (Å²) in [4.78, 5) is 0. The summed E-state index contributed by atoms with van der Waals surface area (Å²) in [5.41, 5.74) is 1.82. The molecule has 0 aliphatic heterocycles. The molecule has 16 heavy (non-hydrogen) atoms. The lowest BCUT2D eigenvalue weighted by Gasteiger charge is -2.38. The van der Waals surface area contributed by atoms with Gasteiger partial charge in [-0.25, -0.2) is 0 Å². The van der Waals surface area contributed by atoms with E-state index in [1.165, 1.54) is 24.8 Å². The molecule has 1 aromatic rings. The Morgan fingerprint density at radius 3 is 2.75 bits per heavy atom. The van der Waals surface area contributed by atoms with Crippen molar-refractivity contribution in [1.82, 2.24) is 5.32 Å². The van der Waals surface area contributed by atoms with Crippen LogP contribution in [0.3, 0.4) is 0 Å². The van der Waals surface area contributed by atoms with Gasteiger partial charge < -0.3 is 5.32 Å². The van der Waals surface area contributed by atoms with Crippen molar-refractivity contribution in [2.24, 2.45) is 5.41 Å². The Morgan fingerprint density at radius 1 is 1.44 bits per heavy atom. The van der Waals surface area contributed by atoms with Gasteiger partial charge in [0.25, 0.3) is 0 Å². The second kappa shape index (κ2) is 5.07. The van der Waals surface area contributed by atoms with Gasteiger partial charge in [-0.15, -0.1) is 0 Å². The highest BCUT2D eigenvalue weighted by molar-refractivity contribution is 9.10. The van der Waals surface area contributed by atoms with Crippen molar-refractivity contribution in [3.8, 4) is 0 Å². The minimum absolute atomic E-state index is 0.545. The number of benzene rings is 1. The van der Waals surface area contributed by atoms with Crippen LogP contribution in [0.5, 0.6) is 0 Å². The summed E-state index contributed by atoms with van der Waals surface area (Å²) in [6.07, 6.45) is 4.12. The third-order valence-electron chi connectivity index (χ3n) is 3.43. The predicted molar refractivity (Wildman–Crippen MR) is 72.8 cm³/mol. The molecule has 1 nitrogen and oxygen atoms in total. The van der Waals surface area contributed by atoms with Crippen LogP contribution in [-0.2, 0) is 6.54 Å². The van der Waals surface area contributed by atoms with Gasteiger partial charge >= 0.3 is 0 Å². The zero-order valence-corrected chi connectivity index (χ0v) is 11.9. The first-order valence-corrected chi connectivity index (χ1v) is 6.91. The van der Waals surface area contributed by atoms with E-state index < -0.39 is 0 Å². The standard InChI is InChI=1S/C13H17BrClN/c1-13(5-2-6-13)9-16-8-10-3-4-12(15)11(14)7-10/h3-4,7,16H,2,5-6,8-9H2,1H3. The lowest BCUT2D eigenvalue weighted by Crippen LogP contribution is -2.36. The predicted octanol–water partition coefficient (Wildman–Crippen LogP) is 4.38. The van der Waals surface area contributed by atoms with Crippen LogP contribution < -0.4 is 5.32 Å². The number of nitrogens with one attached hydrogen (secondary N) is 1. The fourth-order valence-corrected chi connectivity index (χ4v) is 2.66. The molecule has 2 rings (SSSR count). The van der Waals surface area contributed by atoms with Crippen molar-refractivity contribution >= 4 is 27.5 Å². The quantitative estimate of drug-likeness (QED) is 0.870. The summed E-state index contributed by atoms with van der Waals surface area (Å²) in [7, 11) is 0. The Kier molecular flexibility index (Phi) is 3.93.